The second kappa shape index (κ2) is 8.83. The number of nitrogens with zero attached hydrogens (tertiary/aromatic N) is 1. The van der Waals surface area contributed by atoms with Crippen molar-refractivity contribution in [2.24, 2.45) is 11.7 Å². The van der Waals surface area contributed by atoms with Crippen molar-refractivity contribution in [2.75, 3.05) is 0 Å². The fourth-order valence-corrected chi connectivity index (χ4v) is 4.69. The molecular formula is C27H30N2O. The van der Waals surface area contributed by atoms with Gasteiger partial charge in [0.1, 0.15) is 0 Å². The zero-order chi connectivity index (χ0) is 21.1. The zero-order valence-corrected chi connectivity index (χ0v) is 17.9. The second-order valence-corrected chi connectivity index (χ2v) is 8.62. The Balaban J connectivity index is 1.72. The first-order valence-corrected chi connectivity index (χ1v) is 11.0. The summed E-state index contributed by atoms with van der Waals surface area (Å²) in [5, 5.41) is 1.08. The normalized spacial score (nSPS) is 15.8. The van der Waals surface area contributed by atoms with Gasteiger partial charge in [-0.05, 0) is 72.2 Å². The Hall–Kier alpha value is -2.94. The van der Waals surface area contributed by atoms with Crippen molar-refractivity contribution < 1.29 is 4.79 Å². The predicted molar refractivity (Wildman–Crippen MR) is 125 cm³/mol. The van der Waals surface area contributed by atoms with E-state index in [-0.39, 0.29) is 5.91 Å². The van der Waals surface area contributed by atoms with E-state index in [2.05, 4.69) is 60.4 Å². The summed E-state index contributed by atoms with van der Waals surface area (Å²) in [6.45, 7) is 4.14. The molecule has 1 aromatic heterocycles. The monoisotopic (exact) mass is 398 g/mol. The van der Waals surface area contributed by atoms with Crippen LogP contribution < -0.4 is 5.73 Å². The molecule has 1 amide bonds. The van der Waals surface area contributed by atoms with Gasteiger partial charge in [0, 0.05) is 17.2 Å². The summed E-state index contributed by atoms with van der Waals surface area (Å²) in [7, 11) is 0. The molecule has 0 atom stereocenters. The van der Waals surface area contributed by atoms with Crippen LogP contribution in [0.15, 0.2) is 60.3 Å². The first-order valence-electron chi connectivity index (χ1n) is 11.0. The van der Waals surface area contributed by atoms with Crippen molar-refractivity contribution in [1.82, 2.24) is 4.98 Å². The van der Waals surface area contributed by atoms with Crippen LogP contribution in [0.25, 0.3) is 27.6 Å². The number of hydrogen-bond donors (Lipinski definition) is 1. The summed E-state index contributed by atoms with van der Waals surface area (Å²) in [5.74, 6) is 0.268. The standard InChI is InChI=1S/C27H30N2O/c1-18-8-6-7-11-24(18)21-12-13-26-22(15-21)16-23(17-29-26)19(2)25(27(28)30)14-20-9-4-3-5-10-20/h6-8,11-13,15-17,20H,3-5,9-10,14H2,1-2H3,(H2,28,30). The molecule has 154 valence electrons. The Bertz CT molecular complexity index is 1110. The number of pyridine rings is 1. The molecule has 1 heterocycles. The van der Waals surface area contributed by atoms with Gasteiger partial charge in [0.15, 0.2) is 0 Å². The molecule has 1 fully saturated rings. The van der Waals surface area contributed by atoms with Gasteiger partial charge in [-0.2, -0.15) is 0 Å². The molecule has 0 unspecified atom stereocenters. The van der Waals surface area contributed by atoms with Gasteiger partial charge in [0.05, 0.1) is 5.52 Å². The quantitative estimate of drug-likeness (QED) is 0.503. The highest BCUT2D eigenvalue weighted by Crippen LogP contribution is 2.33. The number of fused-ring (bicyclic) bond motifs is 1. The maximum absolute atomic E-state index is 12.3. The molecule has 3 heteroatoms. The molecule has 30 heavy (non-hydrogen) atoms. The van der Waals surface area contributed by atoms with Crippen molar-refractivity contribution >= 4 is 22.4 Å². The lowest BCUT2D eigenvalue weighted by atomic mass is 9.83. The van der Waals surface area contributed by atoms with Gasteiger partial charge >= 0.3 is 0 Å². The smallest absolute Gasteiger partial charge is 0.244 e. The number of carbonyl (C=O) groups excluding carboxylic acids is 1. The predicted octanol–water partition coefficient (Wildman–Crippen LogP) is 6.44. The van der Waals surface area contributed by atoms with Crippen molar-refractivity contribution in [3.63, 3.8) is 0 Å². The van der Waals surface area contributed by atoms with E-state index in [0.717, 1.165) is 34.0 Å². The Morgan fingerprint density at radius 1 is 1.07 bits per heavy atom. The fourth-order valence-electron chi connectivity index (χ4n) is 4.69. The lowest BCUT2D eigenvalue weighted by molar-refractivity contribution is -0.114. The number of benzene rings is 2. The third kappa shape index (κ3) is 4.30. The summed E-state index contributed by atoms with van der Waals surface area (Å²) in [6.07, 6.45) is 8.86. The average Bonchev–Trinajstić information content (AvgIpc) is 2.77. The third-order valence-corrected chi connectivity index (χ3v) is 6.54. The molecule has 2 aromatic carbocycles. The van der Waals surface area contributed by atoms with E-state index in [0.29, 0.717) is 5.92 Å². The highest BCUT2D eigenvalue weighted by Gasteiger charge is 2.20. The van der Waals surface area contributed by atoms with Crippen LogP contribution in [0, 0.1) is 12.8 Å². The Morgan fingerprint density at radius 2 is 1.83 bits per heavy atom. The van der Waals surface area contributed by atoms with Gasteiger partial charge < -0.3 is 5.73 Å². The first-order chi connectivity index (χ1) is 14.5. The summed E-state index contributed by atoms with van der Waals surface area (Å²) in [4.78, 5) is 16.9. The fraction of sp³-hybridized carbons (Fsp3) is 0.333. The van der Waals surface area contributed by atoms with E-state index >= 15 is 0 Å². The van der Waals surface area contributed by atoms with Crippen LogP contribution in [-0.2, 0) is 4.79 Å². The number of amides is 1. The van der Waals surface area contributed by atoms with E-state index in [1.165, 1.54) is 48.8 Å². The molecule has 0 radical (unpaired) electrons. The maximum Gasteiger partial charge on any atom is 0.244 e. The Kier molecular flexibility index (Phi) is 5.98. The van der Waals surface area contributed by atoms with Gasteiger partial charge in [-0.3, -0.25) is 9.78 Å². The minimum absolute atomic E-state index is 0.299. The summed E-state index contributed by atoms with van der Waals surface area (Å²) < 4.78 is 0. The average molecular weight is 399 g/mol. The van der Waals surface area contributed by atoms with Crippen LogP contribution in [0.3, 0.4) is 0 Å². The van der Waals surface area contributed by atoms with Crippen molar-refractivity contribution in [3.05, 3.63) is 71.4 Å². The lowest BCUT2D eigenvalue weighted by Crippen LogP contribution is -2.19. The van der Waals surface area contributed by atoms with E-state index in [1.54, 1.807) is 0 Å². The molecule has 1 aliphatic rings. The minimum atomic E-state index is -0.299. The van der Waals surface area contributed by atoms with Gasteiger partial charge in [-0.25, -0.2) is 0 Å². The van der Waals surface area contributed by atoms with Crippen LogP contribution in [0.4, 0.5) is 0 Å². The lowest BCUT2D eigenvalue weighted by Gasteiger charge is -2.23. The van der Waals surface area contributed by atoms with Crippen LogP contribution in [0.5, 0.6) is 0 Å². The second-order valence-electron chi connectivity index (χ2n) is 8.62. The van der Waals surface area contributed by atoms with Crippen LogP contribution in [0.2, 0.25) is 0 Å². The minimum Gasteiger partial charge on any atom is -0.366 e. The number of primary amides is 1. The third-order valence-electron chi connectivity index (χ3n) is 6.54. The SMILES string of the molecule is CC(=C(CC1CCCCC1)C(N)=O)c1cnc2ccc(-c3ccccc3C)cc2c1. The van der Waals surface area contributed by atoms with Gasteiger partial charge in [0.2, 0.25) is 5.91 Å². The maximum atomic E-state index is 12.3. The van der Waals surface area contributed by atoms with Crippen LogP contribution in [0.1, 0.15) is 56.6 Å². The largest absolute Gasteiger partial charge is 0.366 e. The van der Waals surface area contributed by atoms with Crippen LogP contribution in [-0.4, -0.2) is 10.9 Å². The van der Waals surface area contributed by atoms with Crippen molar-refractivity contribution in [3.8, 4) is 11.1 Å². The molecule has 0 spiro atoms. The zero-order valence-electron chi connectivity index (χ0n) is 17.9. The van der Waals surface area contributed by atoms with Gasteiger partial charge in [0.25, 0.3) is 0 Å². The number of hydrogen-bond acceptors (Lipinski definition) is 2. The summed E-state index contributed by atoms with van der Waals surface area (Å²) in [6, 6.07) is 16.9. The summed E-state index contributed by atoms with van der Waals surface area (Å²) in [5.41, 5.74) is 13.1. The number of nitrogens with two attached hydrogens (primary N) is 1. The molecule has 3 nitrogen and oxygen atoms in total. The first kappa shape index (κ1) is 20.3. The van der Waals surface area contributed by atoms with Gasteiger partial charge in [-0.15, -0.1) is 0 Å². The Labute approximate surface area is 179 Å². The van der Waals surface area contributed by atoms with E-state index in [9.17, 15) is 4.79 Å². The number of aryl methyl sites for hydroxylation is 1. The number of aromatic nitrogens is 1. The molecule has 1 saturated carbocycles. The highest BCUT2D eigenvalue weighted by atomic mass is 16.1. The number of carbonyl (C=O) groups is 1. The molecule has 0 saturated heterocycles. The highest BCUT2D eigenvalue weighted by molar-refractivity contribution is 6.00. The number of allylic oxidation sites excluding steroid dienone is 1. The Morgan fingerprint density at radius 3 is 2.57 bits per heavy atom. The molecule has 0 bridgehead atoms. The van der Waals surface area contributed by atoms with Crippen molar-refractivity contribution in [2.45, 2.75) is 52.4 Å². The van der Waals surface area contributed by atoms with Gasteiger partial charge in [-0.1, -0.05) is 62.4 Å². The molecule has 1 aliphatic carbocycles. The topological polar surface area (TPSA) is 56.0 Å². The van der Waals surface area contributed by atoms with E-state index < -0.39 is 0 Å². The molecule has 4 rings (SSSR count). The molecule has 3 aromatic rings. The summed E-state index contributed by atoms with van der Waals surface area (Å²) >= 11 is 0. The van der Waals surface area contributed by atoms with Crippen molar-refractivity contribution in [1.29, 1.82) is 0 Å². The van der Waals surface area contributed by atoms with E-state index in [4.69, 9.17) is 5.73 Å². The van der Waals surface area contributed by atoms with E-state index in [1.807, 2.05) is 13.1 Å². The van der Waals surface area contributed by atoms with Crippen LogP contribution >= 0.6 is 0 Å². The molecule has 0 aliphatic heterocycles. The number of rotatable bonds is 5. The molecular weight excluding hydrogens is 368 g/mol. The molecule has 2 N–H and O–H groups in total.